The molecule has 30 heavy (non-hydrogen) atoms. The molecule has 1 aromatic carbocycles. The molecule has 0 radical (unpaired) electrons. The molecule has 0 spiro atoms. The van der Waals surface area contributed by atoms with E-state index in [9.17, 15) is 9.59 Å². The predicted octanol–water partition coefficient (Wildman–Crippen LogP) is 3.83. The second-order valence-electron chi connectivity index (χ2n) is 7.30. The highest BCUT2D eigenvalue weighted by atomic mass is 35.5. The van der Waals surface area contributed by atoms with Gasteiger partial charge in [-0.2, -0.15) is 0 Å². The molecular weight excluding hydrogens is 445 g/mol. The van der Waals surface area contributed by atoms with Crippen molar-refractivity contribution in [3.05, 3.63) is 39.6 Å². The molecule has 2 N–H and O–H groups in total. The number of thioether (sulfide) groups is 1. The van der Waals surface area contributed by atoms with Crippen molar-refractivity contribution in [1.29, 1.82) is 0 Å². The van der Waals surface area contributed by atoms with Gasteiger partial charge in [0.25, 0.3) is 5.91 Å². The Morgan fingerprint density at radius 2 is 1.93 bits per heavy atom. The van der Waals surface area contributed by atoms with Crippen molar-refractivity contribution >= 4 is 46.8 Å². The van der Waals surface area contributed by atoms with Crippen LogP contribution in [-0.4, -0.2) is 45.4 Å². The van der Waals surface area contributed by atoms with Gasteiger partial charge in [-0.05, 0) is 37.7 Å². The average Bonchev–Trinajstić information content (AvgIpc) is 3.07. The molecule has 10 heteroatoms. The normalized spacial score (nSPS) is 12.1. The molecule has 2 rings (SSSR count). The number of aryl methyl sites for hydroxylation is 1. The van der Waals surface area contributed by atoms with Crippen LogP contribution in [0.4, 0.5) is 0 Å². The van der Waals surface area contributed by atoms with Crippen LogP contribution in [0.2, 0.25) is 10.0 Å². The molecule has 2 aromatic rings. The van der Waals surface area contributed by atoms with E-state index in [2.05, 4.69) is 39.2 Å². The summed E-state index contributed by atoms with van der Waals surface area (Å²) >= 11 is 13.6. The molecular formula is C20H27Cl2N5O2S. The van der Waals surface area contributed by atoms with E-state index in [1.54, 1.807) is 36.9 Å². The van der Waals surface area contributed by atoms with E-state index < -0.39 is 11.9 Å². The van der Waals surface area contributed by atoms with Gasteiger partial charge in [-0.3, -0.25) is 9.59 Å². The highest BCUT2D eigenvalue weighted by molar-refractivity contribution is 7.98. The zero-order chi connectivity index (χ0) is 22.3. The lowest BCUT2D eigenvalue weighted by Crippen LogP contribution is -2.45. The van der Waals surface area contributed by atoms with E-state index in [1.165, 1.54) is 0 Å². The molecule has 164 valence electrons. The molecule has 0 fully saturated rings. The quantitative estimate of drug-likeness (QED) is 0.405. The fourth-order valence-electron chi connectivity index (χ4n) is 2.83. The van der Waals surface area contributed by atoms with E-state index in [0.717, 1.165) is 23.9 Å². The number of nitrogens with zero attached hydrogens (tertiary/aromatic N) is 3. The van der Waals surface area contributed by atoms with Gasteiger partial charge in [0.05, 0.1) is 15.6 Å². The van der Waals surface area contributed by atoms with E-state index in [4.69, 9.17) is 23.2 Å². The Hall–Kier alpha value is -1.77. The summed E-state index contributed by atoms with van der Waals surface area (Å²) in [5, 5.41) is 15.3. The third kappa shape index (κ3) is 6.62. The van der Waals surface area contributed by atoms with Gasteiger partial charge < -0.3 is 15.2 Å². The van der Waals surface area contributed by atoms with Crippen LogP contribution in [0.3, 0.4) is 0 Å². The van der Waals surface area contributed by atoms with Gasteiger partial charge in [0.1, 0.15) is 11.9 Å². The van der Waals surface area contributed by atoms with Crippen LogP contribution in [0, 0.1) is 5.92 Å². The molecule has 1 unspecified atom stereocenters. The van der Waals surface area contributed by atoms with Gasteiger partial charge in [0, 0.05) is 19.5 Å². The molecule has 7 nitrogen and oxygen atoms in total. The van der Waals surface area contributed by atoms with E-state index >= 15 is 0 Å². The Labute approximate surface area is 191 Å². The van der Waals surface area contributed by atoms with Crippen LogP contribution in [0.1, 0.15) is 43.4 Å². The third-order valence-electron chi connectivity index (χ3n) is 4.34. The number of rotatable bonds is 10. The summed E-state index contributed by atoms with van der Waals surface area (Å²) in [4.78, 5) is 24.7. The number of halogens is 2. The summed E-state index contributed by atoms with van der Waals surface area (Å²) in [6.45, 7) is 7.26. The molecule has 1 aromatic heterocycles. The smallest absolute Gasteiger partial charge is 0.253 e. The first kappa shape index (κ1) is 24.5. The number of benzene rings is 1. The number of nitrogens with one attached hydrogen (secondary N) is 2. The lowest BCUT2D eigenvalue weighted by Gasteiger charge is -2.15. The second kappa shape index (κ2) is 11.6. The molecule has 0 bridgehead atoms. The Bertz CT molecular complexity index is 888. The Balaban J connectivity index is 1.83. The van der Waals surface area contributed by atoms with Gasteiger partial charge in [-0.15, -0.1) is 10.2 Å². The van der Waals surface area contributed by atoms with Crippen LogP contribution < -0.4 is 10.6 Å². The minimum atomic E-state index is -0.708. The monoisotopic (exact) mass is 471 g/mol. The highest BCUT2D eigenvalue weighted by Crippen LogP contribution is 2.25. The topological polar surface area (TPSA) is 88.9 Å². The number of amides is 2. The first-order valence-electron chi connectivity index (χ1n) is 9.73. The summed E-state index contributed by atoms with van der Waals surface area (Å²) < 4.78 is 2.13. The number of hydrogen-bond donors (Lipinski definition) is 2. The molecule has 0 saturated heterocycles. The minimum Gasteiger partial charge on any atom is -0.354 e. The molecule has 0 saturated carbocycles. The Morgan fingerprint density at radius 3 is 2.60 bits per heavy atom. The maximum Gasteiger partial charge on any atom is 0.253 e. The zero-order valence-corrected chi connectivity index (χ0v) is 19.9. The summed E-state index contributed by atoms with van der Waals surface area (Å²) in [5.74, 6) is 0.688. The second-order valence-corrected chi connectivity index (χ2v) is 8.86. The molecule has 0 aliphatic carbocycles. The van der Waals surface area contributed by atoms with Crippen molar-refractivity contribution in [2.75, 3.05) is 12.8 Å². The standard InChI is InChI=1S/C20H27Cl2N5O2S/c1-12(2)11-27-16(25-26-20(27)30-4)9-6-10-23-18(28)13(3)24-19(29)14-7-5-8-15(21)17(14)22/h5,7-8,12-13H,6,9-11H2,1-4H3,(H,23,28)(H,24,29). The van der Waals surface area contributed by atoms with Gasteiger partial charge in [0.15, 0.2) is 5.16 Å². The number of carbonyl (C=O) groups is 2. The first-order valence-corrected chi connectivity index (χ1v) is 11.7. The molecule has 0 aliphatic rings. The minimum absolute atomic E-state index is 0.166. The summed E-state index contributed by atoms with van der Waals surface area (Å²) in [6, 6.07) is 4.08. The molecule has 2 amide bonds. The SMILES string of the molecule is CSc1nnc(CCCNC(=O)C(C)NC(=O)c2cccc(Cl)c2Cl)n1CC(C)C. The van der Waals surface area contributed by atoms with Crippen LogP contribution in [0.25, 0.3) is 0 Å². The van der Waals surface area contributed by atoms with Crippen LogP contribution in [-0.2, 0) is 17.8 Å². The van der Waals surface area contributed by atoms with E-state index in [1.807, 2.05) is 6.26 Å². The van der Waals surface area contributed by atoms with Gasteiger partial charge >= 0.3 is 0 Å². The van der Waals surface area contributed by atoms with Crippen molar-refractivity contribution in [2.45, 2.75) is 51.4 Å². The Morgan fingerprint density at radius 1 is 1.20 bits per heavy atom. The van der Waals surface area contributed by atoms with Gasteiger partial charge in [0.2, 0.25) is 5.91 Å². The summed E-state index contributed by atoms with van der Waals surface area (Å²) in [7, 11) is 0. The fraction of sp³-hybridized carbons (Fsp3) is 0.500. The van der Waals surface area contributed by atoms with Crippen LogP contribution in [0.15, 0.2) is 23.4 Å². The van der Waals surface area contributed by atoms with Gasteiger partial charge in [-0.1, -0.05) is 54.9 Å². The molecule has 1 atom stereocenters. The lowest BCUT2D eigenvalue weighted by atomic mass is 10.2. The first-order chi connectivity index (χ1) is 14.2. The number of hydrogen-bond acceptors (Lipinski definition) is 5. The van der Waals surface area contributed by atoms with Crippen molar-refractivity contribution in [1.82, 2.24) is 25.4 Å². The number of aromatic nitrogens is 3. The molecule has 1 heterocycles. The van der Waals surface area contributed by atoms with Crippen molar-refractivity contribution in [3.8, 4) is 0 Å². The summed E-state index contributed by atoms with van der Waals surface area (Å²) in [6.07, 6.45) is 3.41. The maximum atomic E-state index is 12.3. The van der Waals surface area contributed by atoms with Crippen LogP contribution >= 0.6 is 35.0 Å². The third-order valence-corrected chi connectivity index (χ3v) is 5.82. The number of carbonyl (C=O) groups excluding carboxylic acids is 2. The van der Waals surface area contributed by atoms with E-state index in [-0.39, 0.29) is 21.5 Å². The van der Waals surface area contributed by atoms with Crippen molar-refractivity contribution in [3.63, 3.8) is 0 Å². The van der Waals surface area contributed by atoms with Gasteiger partial charge in [-0.25, -0.2) is 0 Å². The predicted molar refractivity (Wildman–Crippen MR) is 121 cm³/mol. The van der Waals surface area contributed by atoms with Crippen molar-refractivity contribution in [2.24, 2.45) is 5.92 Å². The van der Waals surface area contributed by atoms with Crippen molar-refractivity contribution < 1.29 is 9.59 Å². The average molecular weight is 472 g/mol. The largest absolute Gasteiger partial charge is 0.354 e. The Kier molecular flexibility index (Phi) is 9.45. The lowest BCUT2D eigenvalue weighted by molar-refractivity contribution is -0.122. The van der Waals surface area contributed by atoms with Crippen LogP contribution in [0.5, 0.6) is 0 Å². The van der Waals surface area contributed by atoms with E-state index in [0.29, 0.717) is 18.9 Å². The highest BCUT2D eigenvalue weighted by Gasteiger charge is 2.19. The zero-order valence-electron chi connectivity index (χ0n) is 17.5. The fourth-order valence-corrected chi connectivity index (χ4v) is 3.74. The molecule has 0 aliphatic heterocycles. The summed E-state index contributed by atoms with van der Waals surface area (Å²) in [5.41, 5.74) is 0.234. The maximum absolute atomic E-state index is 12.3.